The summed E-state index contributed by atoms with van der Waals surface area (Å²) in [5, 5.41) is 14.0. The number of carbonyl (C=O) groups excluding carboxylic acids is 2. The zero-order valence-corrected chi connectivity index (χ0v) is 18.4. The zero-order valence-electron chi connectivity index (χ0n) is 18.4. The van der Waals surface area contributed by atoms with Crippen molar-refractivity contribution in [3.8, 4) is 11.1 Å². The van der Waals surface area contributed by atoms with Crippen molar-refractivity contribution in [2.45, 2.75) is 25.3 Å². The summed E-state index contributed by atoms with van der Waals surface area (Å²) in [5.74, 6) is -2.85. The molecule has 1 aliphatic rings. The van der Waals surface area contributed by atoms with Gasteiger partial charge < -0.3 is 20.5 Å². The van der Waals surface area contributed by atoms with Gasteiger partial charge in [0.05, 0.1) is 5.56 Å². The molecule has 0 saturated carbocycles. The molecule has 0 bridgehead atoms. The van der Waals surface area contributed by atoms with E-state index in [0.717, 1.165) is 40.5 Å². The molecule has 174 valence electrons. The number of rotatable bonds is 7. The number of alkyl carbamates (subject to hydrolysis) is 1. The van der Waals surface area contributed by atoms with Crippen LogP contribution in [-0.4, -0.2) is 35.7 Å². The highest BCUT2D eigenvalue weighted by Crippen LogP contribution is 2.44. The lowest BCUT2D eigenvalue weighted by molar-refractivity contribution is -0.118. The van der Waals surface area contributed by atoms with Gasteiger partial charge >= 0.3 is 12.1 Å². The molecule has 3 N–H and O–H groups in total. The second-order valence-corrected chi connectivity index (χ2v) is 7.95. The summed E-state index contributed by atoms with van der Waals surface area (Å²) in [6, 6.07) is 17.9. The molecule has 3 aromatic carbocycles. The third-order valence-corrected chi connectivity index (χ3v) is 5.77. The standard InChI is InChI=1S/C26H23FN2O5/c1-2-23(24(30)28-17-12-15(25(31)32)11-16(27)13-17)29-26(33)34-14-22-20-9-5-3-7-18(20)19-8-4-6-10-21(19)22/h3-13,22-23H,2,14H2,1H3,(H,28,30)(H,29,33)(H,31,32). The summed E-state index contributed by atoms with van der Waals surface area (Å²) >= 11 is 0. The number of carboxylic acid groups (broad SMARTS) is 1. The summed E-state index contributed by atoms with van der Waals surface area (Å²) in [6.07, 6.45) is -0.508. The first-order chi connectivity index (χ1) is 16.4. The van der Waals surface area contributed by atoms with Crippen LogP contribution in [-0.2, 0) is 9.53 Å². The lowest BCUT2D eigenvalue weighted by atomic mass is 9.98. The van der Waals surface area contributed by atoms with Gasteiger partial charge in [-0.15, -0.1) is 0 Å². The van der Waals surface area contributed by atoms with Crippen molar-refractivity contribution in [1.29, 1.82) is 0 Å². The molecular weight excluding hydrogens is 439 g/mol. The number of hydrogen-bond acceptors (Lipinski definition) is 4. The van der Waals surface area contributed by atoms with Crippen molar-refractivity contribution in [1.82, 2.24) is 5.32 Å². The molecule has 7 nitrogen and oxygen atoms in total. The molecule has 2 amide bonds. The van der Waals surface area contributed by atoms with Crippen molar-refractivity contribution in [2.24, 2.45) is 0 Å². The smallest absolute Gasteiger partial charge is 0.407 e. The molecule has 1 unspecified atom stereocenters. The third kappa shape index (κ3) is 4.76. The molecular formula is C26H23FN2O5. The molecule has 0 heterocycles. The van der Waals surface area contributed by atoms with E-state index >= 15 is 0 Å². The Labute approximate surface area is 195 Å². The van der Waals surface area contributed by atoms with Crippen LogP contribution in [0.4, 0.5) is 14.9 Å². The Balaban J connectivity index is 1.40. The minimum atomic E-state index is -1.32. The molecule has 8 heteroatoms. The number of carboxylic acids is 1. The summed E-state index contributed by atoms with van der Waals surface area (Å²) < 4.78 is 19.2. The van der Waals surface area contributed by atoms with Crippen molar-refractivity contribution in [3.05, 3.63) is 89.2 Å². The number of aromatic carboxylic acids is 1. The van der Waals surface area contributed by atoms with Crippen LogP contribution in [0.3, 0.4) is 0 Å². The Kier molecular flexibility index (Phi) is 6.58. The van der Waals surface area contributed by atoms with Gasteiger partial charge in [-0.2, -0.15) is 0 Å². The molecule has 0 aliphatic heterocycles. The van der Waals surface area contributed by atoms with Crippen molar-refractivity contribution >= 4 is 23.7 Å². The van der Waals surface area contributed by atoms with Crippen LogP contribution in [0.25, 0.3) is 11.1 Å². The predicted octanol–water partition coefficient (Wildman–Crippen LogP) is 4.78. The summed E-state index contributed by atoms with van der Waals surface area (Å²) in [4.78, 5) is 36.2. The maximum Gasteiger partial charge on any atom is 0.407 e. The minimum absolute atomic E-state index is 0.0183. The Bertz CT molecular complexity index is 1210. The van der Waals surface area contributed by atoms with E-state index in [-0.39, 0.29) is 30.2 Å². The number of nitrogens with one attached hydrogen (secondary N) is 2. The summed E-state index contributed by atoms with van der Waals surface area (Å²) in [7, 11) is 0. The Morgan fingerprint density at radius 1 is 1.00 bits per heavy atom. The average Bonchev–Trinajstić information content (AvgIpc) is 3.14. The monoisotopic (exact) mass is 462 g/mol. The molecule has 0 spiro atoms. The van der Waals surface area contributed by atoms with Gasteiger partial charge in [0.2, 0.25) is 5.91 Å². The normalized spacial score (nSPS) is 12.9. The Hall–Kier alpha value is -4.20. The second-order valence-electron chi connectivity index (χ2n) is 7.95. The lowest BCUT2D eigenvalue weighted by Gasteiger charge is -2.19. The van der Waals surface area contributed by atoms with E-state index in [4.69, 9.17) is 9.84 Å². The highest BCUT2D eigenvalue weighted by molar-refractivity contribution is 5.98. The fraction of sp³-hybridized carbons (Fsp3) is 0.192. The number of anilines is 1. The van der Waals surface area contributed by atoms with E-state index in [0.29, 0.717) is 0 Å². The number of ether oxygens (including phenoxy) is 1. The van der Waals surface area contributed by atoms with Gasteiger partial charge in [0.15, 0.2) is 0 Å². The van der Waals surface area contributed by atoms with E-state index in [1.807, 2.05) is 48.5 Å². The Morgan fingerprint density at radius 2 is 1.62 bits per heavy atom. The first-order valence-corrected chi connectivity index (χ1v) is 10.8. The number of fused-ring (bicyclic) bond motifs is 3. The van der Waals surface area contributed by atoms with Crippen LogP contribution in [0.1, 0.15) is 40.7 Å². The topological polar surface area (TPSA) is 105 Å². The number of benzene rings is 3. The zero-order chi connectivity index (χ0) is 24.2. The number of hydrogen-bond donors (Lipinski definition) is 3. The van der Waals surface area contributed by atoms with Gasteiger partial charge in [-0.25, -0.2) is 14.0 Å². The van der Waals surface area contributed by atoms with Crippen molar-refractivity contribution < 1.29 is 28.6 Å². The van der Waals surface area contributed by atoms with Crippen LogP contribution < -0.4 is 10.6 Å². The van der Waals surface area contributed by atoms with E-state index < -0.39 is 29.8 Å². The fourth-order valence-corrected chi connectivity index (χ4v) is 4.15. The van der Waals surface area contributed by atoms with Gasteiger partial charge in [0.25, 0.3) is 0 Å². The maximum atomic E-state index is 13.7. The molecule has 0 saturated heterocycles. The van der Waals surface area contributed by atoms with Gasteiger partial charge in [0.1, 0.15) is 18.5 Å². The highest BCUT2D eigenvalue weighted by Gasteiger charge is 2.29. The summed E-state index contributed by atoms with van der Waals surface area (Å²) in [6.45, 7) is 1.80. The molecule has 0 aromatic heterocycles. The van der Waals surface area contributed by atoms with Crippen LogP contribution in [0.2, 0.25) is 0 Å². The highest BCUT2D eigenvalue weighted by atomic mass is 19.1. The van der Waals surface area contributed by atoms with Crippen LogP contribution in [0.5, 0.6) is 0 Å². The molecule has 3 aromatic rings. The van der Waals surface area contributed by atoms with Crippen LogP contribution in [0.15, 0.2) is 66.7 Å². The van der Waals surface area contributed by atoms with E-state index in [2.05, 4.69) is 10.6 Å². The molecule has 1 aliphatic carbocycles. The van der Waals surface area contributed by atoms with Crippen LogP contribution >= 0.6 is 0 Å². The van der Waals surface area contributed by atoms with E-state index in [1.165, 1.54) is 0 Å². The first-order valence-electron chi connectivity index (χ1n) is 10.8. The number of carbonyl (C=O) groups is 3. The third-order valence-electron chi connectivity index (χ3n) is 5.77. The molecule has 1 atom stereocenters. The Morgan fingerprint density at radius 3 is 2.21 bits per heavy atom. The molecule has 0 fully saturated rings. The van der Waals surface area contributed by atoms with E-state index in [9.17, 15) is 18.8 Å². The number of amides is 2. The lowest BCUT2D eigenvalue weighted by Crippen LogP contribution is -2.43. The number of halogens is 1. The maximum absolute atomic E-state index is 13.7. The molecule has 4 rings (SSSR count). The van der Waals surface area contributed by atoms with Gasteiger partial charge in [-0.05, 0) is 46.9 Å². The largest absolute Gasteiger partial charge is 0.478 e. The van der Waals surface area contributed by atoms with Crippen molar-refractivity contribution in [2.75, 3.05) is 11.9 Å². The quantitative estimate of drug-likeness (QED) is 0.469. The van der Waals surface area contributed by atoms with Gasteiger partial charge in [-0.1, -0.05) is 55.5 Å². The fourth-order valence-electron chi connectivity index (χ4n) is 4.15. The SMILES string of the molecule is CCC(NC(=O)OCC1c2ccccc2-c2ccccc21)C(=O)Nc1cc(F)cc(C(=O)O)c1. The molecule has 0 radical (unpaired) electrons. The van der Waals surface area contributed by atoms with E-state index in [1.54, 1.807) is 6.92 Å². The first kappa shape index (κ1) is 23.0. The van der Waals surface area contributed by atoms with Crippen molar-refractivity contribution in [3.63, 3.8) is 0 Å². The second kappa shape index (κ2) is 9.74. The molecule has 34 heavy (non-hydrogen) atoms. The predicted molar refractivity (Wildman–Crippen MR) is 124 cm³/mol. The average molecular weight is 462 g/mol. The van der Waals surface area contributed by atoms with Gasteiger partial charge in [0, 0.05) is 11.6 Å². The van der Waals surface area contributed by atoms with Crippen LogP contribution in [0, 0.1) is 5.82 Å². The minimum Gasteiger partial charge on any atom is -0.478 e. The van der Waals surface area contributed by atoms with Gasteiger partial charge in [-0.3, -0.25) is 4.79 Å². The summed E-state index contributed by atoms with van der Waals surface area (Å²) in [5.41, 5.74) is 4.04.